The molecule has 2 aromatic heterocycles. The summed E-state index contributed by atoms with van der Waals surface area (Å²) in [4.78, 5) is 27.9. The first-order valence-corrected chi connectivity index (χ1v) is 12.5. The zero-order chi connectivity index (χ0) is 23.5. The Morgan fingerprint density at radius 1 is 0.882 bits per heavy atom. The van der Waals surface area contributed by atoms with Crippen LogP contribution in [0.4, 0.5) is 5.82 Å². The summed E-state index contributed by atoms with van der Waals surface area (Å²) in [6.07, 6.45) is 0.789. The number of anilines is 1. The van der Waals surface area contributed by atoms with Crippen LogP contribution in [0.15, 0.2) is 72.1 Å². The van der Waals surface area contributed by atoms with Crippen molar-refractivity contribution in [3.05, 3.63) is 99.4 Å². The summed E-state index contributed by atoms with van der Waals surface area (Å²) in [5, 5.41) is 1.95. The second kappa shape index (κ2) is 9.77. The first-order chi connectivity index (χ1) is 16.6. The number of aryl methyl sites for hydroxylation is 2. The predicted octanol–water partition coefficient (Wildman–Crippen LogP) is 5.38. The molecule has 4 aromatic rings. The van der Waals surface area contributed by atoms with Crippen LogP contribution in [0.1, 0.15) is 32.1 Å². The van der Waals surface area contributed by atoms with E-state index in [-0.39, 0.29) is 5.91 Å². The molecule has 0 N–H and O–H groups in total. The Kier molecular flexibility index (Phi) is 6.41. The van der Waals surface area contributed by atoms with E-state index in [0.717, 1.165) is 52.9 Å². The fourth-order valence-electron chi connectivity index (χ4n) is 4.44. The standard InChI is InChI=1S/C28H28N4OS/c1-20-9-6-7-12-23(20)19-24-21(2)29-26(22-10-4-3-5-11-22)30-27(24)31-14-16-32(17-15-31)28(33)25-13-8-18-34-25/h3-13,18H,14-17,19H2,1-2H3. The Morgan fingerprint density at radius 3 is 2.32 bits per heavy atom. The van der Waals surface area contributed by atoms with Crippen molar-refractivity contribution in [2.75, 3.05) is 31.1 Å². The second-order valence-electron chi connectivity index (χ2n) is 8.66. The Bertz CT molecular complexity index is 1280. The topological polar surface area (TPSA) is 49.3 Å². The smallest absolute Gasteiger partial charge is 0.264 e. The van der Waals surface area contributed by atoms with Crippen LogP contribution in [-0.2, 0) is 6.42 Å². The van der Waals surface area contributed by atoms with Crippen molar-refractivity contribution in [2.45, 2.75) is 20.3 Å². The summed E-state index contributed by atoms with van der Waals surface area (Å²) in [6, 6.07) is 22.5. The highest BCUT2D eigenvalue weighted by Gasteiger charge is 2.26. The molecule has 1 saturated heterocycles. The lowest BCUT2D eigenvalue weighted by atomic mass is 9.99. The van der Waals surface area contributed by atoms with E-state index in [4.69, 9.17) is 9.97 Å². The van der Waals surface area contributed by atoms with Crippen LogP contribution in [-0.4, -0.2) is 47.0 Å². The van der Waals surface area contributed by atoms with Gasteiger partial charge in [0, 0.05) is 49.4 Å². The number of carbonyl (C=O) groups is 1. The molecule has 0 unspecified atom stereocenters. The maximum atomic E-state index is 12.8. The lowest BCUT2D eigenvalue weighted by Gasteiger charge is -2.36. The van der Waals surface area contributed by atoms with Gasteiger partial charge in [-0.05, 0) is 36.4 Å². The minimum Gasteiger partial charge on any atom is -0.353 e. The molecule has 1 aliphatic heterocycles. The first-order valence-electron chi connectivity index (χ1n) is 11.7. The molecule has 0 atom stereocenters. The molecular weight excluding hydrogens is 440 g/mol. The van der Waals surface area contributed by atoms with Crippen molar-refractivity contribution in [2.24, 2.45) is 0 Å². The van der Waals surface area contributed by atoms with Crippen LogP contribution in [0.25, 0.3) is 11.4 Å². The van der Waals surface area contributed by atoms with Gasteiger partial charge >= 0.3 is 0 Å². The summed E-state index contributed by atoms with van der Waals surface area (Å²) < 4.78 is 0. The third-order valence-corrected chi connectivity index (χ3v) is 7.31. The lowest BCUT2D eigenvalue weighted by Crippen LogP contribution is -2.49. The molecule has 5 nitrogen and oxygen atoms in total. The van der Waals surface area contributed by atoms with Gasteiger partial charge in [0.1, 0.15) is 5.82 Å². The zero-order valence-corrected chi connectivity index (χ0v) is 20.4. The molecule has 0 bridgehead atoms. The van der Waals surface area contributed by atoms with Crippen LogP contribution in [0.3, 0.4) is 0 Å². The number of aromatic nitrogens is 2. The van der Waals surface area contributed by atoms with Gasteiger partial charge in [-0.2, -0.15) is 0 Å². The van der Waals surface area contributed by atoms with Crippen LogP contribution in [0.2, 0.25) is 0 Å². The molecule has 3 heterocycles. The average Bonchev–Trinajstić information content (AvgIpc) is 3.42. The van der Waals surface area contributed by atoms with E-state index in [1.807, 2.05) is 40.6 Å². The van der Waals surface area contributed by atoms with Crippen molar-refractivity contribution < 1.29 is 4.79 Å². The molecule has 0 radical (unpaired) electrons. The van der Waals surface area contributed by atoms with Gasteiger partial charge in [0.15, 0.2) is 5.82 Å². The van der Waals surface area contributed by atoms with Gasteiger partial charge in [0.25, 0.3) is 5.91 Å². The summed E-state index contributed by atoms with van der Waals surface area (Å²) in [5.74, 6) is 1.86. The maximum Gasteiger partial charge on any atom is 0.264 e. The number of carbonyl (C=O) groups excluding carboxylic acids is 1. The van der Waals surface area contributed by atoms with Gasteiger partial charge in [-0.15, -0.1) is 11.3 Å². The summed E-state index contributed by atoms with van der Waals surface area (Å²) >= 11 is 1.50. The van der Waals surface area contributed by atoms with Crippen LogP contribution in [0.5, 0.6) is 0 Å². The predicted molar refractivity (Wildman–Crippen MR) is 139 cm³/mol. The molecule has 172 valence electrons. The van der Waals surface area contributed by atoms with Gasteiger partial charge < -0.3 is 9.80 Å². The van der Waals surface area contributed by atoms with E-state index < -0.39 is 0 Å². The Hall–Kier alpha value is -3.51. The van der Waals surface area contributed by atoms with Gasteiger partial charge in [0.2, 0.25) is 0 Å². The third kappa shape index (κ3) is 4.59. The Labute approximate surface area is 204 Å². The second-order valence-corrected chi connectivity index (χ2v) is 9.61. The van der Waals surface area contributed by atoms with Crippen molar-refractivity contribution in [1.29, 1.82) is 0 Å². The molecule has 0 aliphatic carbocycles. The van der Waals surface area contributed by atoms with Gasteiger partial charge in [-0.1, -0.05) is 60.7 Å². The molecule has 34 heavy (non-hydrogen) atoms. The molecule has 0 saturated carbocycles. The number of nitrogens with zero attached hydrogens (tertiary/aromatic N) is 4. The van der Waals surface area contributed by atoms with Crippen molar-refractivity contribution >= 4 is 23.1 Å². The number of benzene rings is 2. The Balaban J connectivity index is 1.47. The molecule has 2 aromatic carbocycles. The minimum atomic E-state index is 0.124. The minimum absolute atomic E-state index is 0.124. The molecule has 1 aliphatic rings. The van der Waals surface area contributed by atoms with E-state index in [1.165, 1.54) is 22.5 Å². The fraction of sp³-hybridized carbons (Fsp3) is 0.250. The van der Waals surface area contributed by atoms with Gasteiger partial charge in [-0.25, -0.2) is 9.97 Å². The average molecular weight is 469 g/mol. The molecule has 1 amide bonds. The quantitative estimate of drug-likeness (QED) is 0.395. The highest BCUT2D eigenvalue weighted by atomic mass is 32.1. The third-order valence-electron chi connectivity index (χ3n) is 6.45. The van der Waals surface area contributed by atoms with E-state index in [0.29, 0.717) is 13.1 Å². The highest BCUT2D eigenvalue weighted by molar-refractivity contribution is 7.12. The summed E-state index contributed by atoms with van der Waals surface area (Å²) in [5.41, 5.74) is 5.73. The van der Waals surface area contributed by atoms with Crippen molar-refractivity contribution in [3.63, 3.8) is 0 Å². The summed E-state index contributed by atoms with van der Waals surface area (Å²) in [7, 11) is 0. The largest absolute Gasteiger partial charge is 0.353 e. The number of thiophene rings is 1. The van der Waals surface area contributed by atoms with Gasteiger partial charge in [-0.3, -0.25) is 4.79 Å². The van der Waals surface area contributed by atoms with E-state index in [2.05, 4.69) is 55.1 Å². The molecular formula is C28H28N4OS. The normalized spacial score (nSPS) is 13.8. The molecule has 5 rings (SSSR count). The fourth-order valence-corrected chi connectivity index (χ4v) is 5.13. The maximum absolute atomic E-state index is 12.8. The number of amides is 1. The van der Waals surface area contributed by atoms with Crippen LogP contribution in [0, 0.1) is 13.8 Å². The number of hydrogen-bond acceptors (Lipinski definition) is 5. The monoisotopic (exact) mass is 468 g/mol. The van der Waals surface area contributed by atoms with Crippen molar-refractivity contribution in [3.8, 4) is 11.4 Å². The van der Waals surface area contributed by atoms with Gasteiger partial charge in [0.05, 0.1) is 4.88 Å². The Morgan fingerprint density at radius 2 is 1.62 bits per heavy atom. The molecule has 0 spiro atoms. The number of piperazine rings is 1. The van der Waals surface area contributed by atoms with E-state index in [9.17, 15) is 4.79 Å². The number of rotatable bonds is 5. The zero-order valence-electron chi connectivity index (χ0n) is 19.6. The summed E-state index contributed by atoms with van der Waals surface area (Å²) in [6.45, 7) is 7.11. The molecule has 6 heteroatoms. The van der Waals surface area contributed by atoms with Crippen LogP contribution < -0.4 is 4.90 Å². The number of hydrogen-bond donors (Lipinski definition) is 0. The van der Waals surface area contributed by atoms with E-state index >= 15 is 0 Å². The first kappa shape index (κ1) is 22.3. The van der Waals surface area contributed by atoms with E-state index in [1.54, 1.807) is 0 Å². The lowest BCUT2D eigenvalue weighted by molar-refractivity contribution is 0.0751. The SMILES string of the molecule is Cc1ccccc1Cc1c(C)nc(-c2ccccc2)nc1N1CCN(C(=O)c2cccs2)CC1. The molecule has 1 fully saturated rings. The van der Waals surface area contributed by atoms with Crippen molar-refractivity contribution in [1.82, 2.24) is 14.9 Å². The van der Waals surface area contributed by atoms with Crippen LogP contribution >= 0.6 is 11.3 Å². The highest BCUT2D eigenvalue weighted by Crippen LogP contribution is 2.29.